The van der Waals surface area contributed by atoms with Gasteiger partial charge in [0.25, 0.3) is 0 Å². The molecule has 0 amide bonds. The van der Waals surface area contributed by atoms with Crippen molar-refractivity contribution < 1.29 is 9.53 Å². The number of ether oxygens (including phenoxy) is 1. The second-order valence-corrected chi connectivity index (χ2v) is 5.87. The highest BCUT2D eigenvalue weighted by Gasteiger charge is 2.19. The third kappa shape index (κ3) is 1.60. The molecule has 0 atom stereocenters. The Balaban J connectivity index is 2.53. The summed E-state index contributed by atoms with van der Waals surface area (Å²) in [5.74, 6) is -0.243. The van der Waals surface area contributed by atoms with E-state index in [9.17, 15) is 4.79 Å². The Morgan fingerprint density at radius 1 is 1.64 bits per heavy atom. The number of hydrogen-bond acceptors (Lipinski definition) is 4. The normalized spacial score (nSPS) is 10.7. The predicted molar refractivity (Wildman–Crippen MR) is 63.4 cm³/mol. The number of esters is 1. The molecule has 2 rings (SSSR count). The van der Waals surface area contributed by atoms with Gasteiger partial charge < -0.3 is 4.74 Å². The van der Waals surface area contributed by atoms with Gasteiger partial charge in [0.1, 0.15) is 5.56 Å². The second kappa shape index (κ2) is 4.00. The Morgan fingerprint density at radius 3 is 3.14 bits per heavy atom. The summed E-state index contributed by atoms with van der Waals surface area (Å²) in [7, 11) is 0. The van der Waals surface area contributed by atoms with Crippen LogP contribution in [0, 0.1) is 0 Å². The first-order valence-corrected chi connectivity index (χ1v) is 6.55. The second-order valence-electron chi connectivity index (χ2n) is 2.59. The molecule has 0 N–H and O–H groups in total. The molecule has 5 heteroatoms. The average molecular weight is 291 g/mol. The molecular formula is C9H7BrO2S2. The first kappa shape index (κ1) is 10.1. The Kier molecular flexibility index (Phi) is 2.90. The summed E-state index contributed by atoms with van der Waals surface area (Å²) >= 11 is 6.52. The minimum atomic E-state index is -0.243. The van der Waals surface area contributed by atoms with Gasteiger partial charge in [0, 0.05) is 4.70 Å². The van der Waals surface area contributed by atoms with Crippen molar-refractivity contribution in [2.45, 2.75) is 6.92 Å². The Hall–Kier alpha value is -0.390. The Morgan fingerprint density at radius 2 is 2.43 bits per heavy atom. The van der Waals surface area contributed by atoms with Gasteiger partial charge in [-0.2, -0.15) is 0 Å². The zero-order valence-corrected chi connectivity index (χ0v) is 10.6. The van der Waals surface area contributed by atoms with Gasteiger partial charge in [-0.1, -0.05) is 0 Å². The molecule has 74 valence electrons. The fraction of sp³-hybridized carbons (Fsp3) is 0.222. The van der Waals surface area contributed by atoms with Crippen LogP contribution in [0.4, 0.5) is 0 Å². The first-order valence-electron chi connectivity index (χ1n) is 4.06. The van der Waals surface area contributed by atoms with Crippen LogP contribution in [0.3, 0.4) is 0 Å². The Bertz CT molecular complexity index is 472. The zero-order valence-electron chi connectivity index (χ0n) is 7.37. The van der Waals surface area contributed by atoms with Gasteiger partial charge in [0.05, 0.1) is 15.1 Å². The highest BCUT2D eigenvalue weighted by molar-refractivity contribution is 9.11. The molecule has 0 unspecified atom stereocenters. The third-order valence-corrected chi connectivity index (χ3v) is 4.62. The molecule has 2 heterocycles. The summed E-state index contributed by atoms with van der Waals surface area (Å²) in [4.78, 5) is 11.6. The van der Waals surface area contributed by atoms with Crippen molar-refractivity contribution in [3.8, 4) is 0 Å². The predicted octanol–water partition coefficient (Wildman–Crippen LogP) is 3.90. The summed E-state index contributed by atoms with van der Waals surface area (Å²) in [6.07, 6.45) is 0. The van der Waals surface area contributed by atoms with E-state index in [-0.39, 0.29) is 5.97 Å². The average Bonchev–Trinajstić information content (AvgIpc) is 2.63. The molecule has 0 spiro atoms. The molecule has 2 nitrogen and oxygen atoms in total. The van der Waals surface area contributed by atoms with Crippen LogP contribution in [0.5, 0.6) is 0 Å². The molecule has 0 aliphatic heterocycles. The number of carbonyl (C=O) groups is 1. The maximum atomic E-state index is 11.6. The van der Waals surface area contributed by atoms with Crippen LogP contribution in [-0.4, -0.2) is 12.6 Å². The van der Waals surface area contributed by atoms with Crippen LogP contribution >= 0.6 is 38.6 Å². The third-order valence-electron chi connectivity index (χ3n) is 1.73. The maximum Gasteiger partial charge on any atom is 0.341 e. The SMILES string of the molecule is CCOC(=O)c1c(Br)sc2ccsc12. The number of thiophene rings is 2. The maximum absolute atomic E-state index is 11.6. The van der Waals surface area contributed by atoms with E-state index in [1.807, 2.05) is 18.4 Å². The summed E-state index contributed by atoms with van der Waals surface area (Å²) < 4.78 is 7.99. The van der Waals surface area contributed by atoms with E-state index in [1.54, 1.807) is 22.7 Å². The van der Waals surface area contributed by atoms with E-state index >= 15 is 0 Å². The molecule has 0 saturated heterocycles. The van der Waals surface area contributed by atoms with Crippen molar-refractivity contribution in [3.63, 3.8) is 0 Å². The minimum Gasteiger partial charge on any atom is -0.462 e. The molecule has 0 aliphatic carbocycles. The van der Waals surface area contributed by atoms with E-state index < -0.39 is 0 Å². The smallest absolute Gasteiger partial charge is 0.341 e. The van der Waals surface area contributed by atoms with Crippen LogP contribution in [0.2, 0.25) is 0 Å². The first-order chi connectivity index (χ1) is 6.74. The summed E-state index contributed by atoms with van der Waals surface area (Å²) in [5, 5.41) is 1.98. The molecule has 14 heavy (non-hydrogen) atoms. The lowest BCUT2D eigenvalue weighted by molar-refractivity contribution is 0.0528. The van der Waals surface area contributed by atoms with Crippen LogP contribution in [0.15, 0.2) is 15.2 Å². The molecule has 0 bridgehead atoms. The molecule has 0 radical (unpaired) electrons. The molecule has 0 aromatic carbocycles. The summed E-state index contributed by atoms with van der Waals surface area (Å²) in [5.41, 5.74) is 0.668. The van der Waals surface area contributed by atoms with E-state index in [2.05, 4.69) is 15.9 Å². The molecule has 0 fully saturated rings. The number of fused-ring (bicyclic) bond motifs is 1. The lowest BCUT2D eigenvalue weighted by atomic mass is 10.3. The van der Waals surface area contributed by atoms with Crippen molar-refractivity contribution in [2.24, 2.45) is 0 Å². The van der Waals surface area contributed by atoms with E-state index in [4.69, 9.17) is 4.74 Å². The quantitative estimate of drug-likeness (QED) is 0.784. The van der Waals surface area contributed by atoms with Gasteiger partial charge in [0.2, 0.25) is 0 Å². The van der Waals surface area contributed by atoms with Crippen LogP contribution in [0.25, 0.3) is 9.40 Å². The fourth-order valence-corrected chi connectivity index (χ4v) is 4.25. The van der Waals surface area contributed by atoms with Gasteiger partial charge in [-0.25, -0.2) is 4.79 Å². The van der Waals surface area contributed by atoms with Gasteiger partial charge in [-0.15, -0.1) is 22.7 Å². The van der Waals surface area contributed by atoms with E-state index in [1.165, 1.54) is 0 Å². The monoisotopic (exact) mass is 290 g/mol. The van der Waals surface area contributed by atoms with Crippen molar-refractivity contribution in [3.05, 3.63) is 20.8 Å². The Labute approximate surface area is 97.6 Å². The van der Waals surface area contributed by atoms with Crippen LogP contribution in [0.1, 0.15) is 17.3 Å². The van der Waals surface area contributed by atoms with Gasteiger partial charge in [-0.05, 0) is 34.3 Å². The number of carbonyl (C=O) groups excluding carboxylic acids is 1. The van der Waals surface area contributed by atoms with Gasteiger partial charge >= 0.3 is 5.97 Å². The number of halogens is 1. The lowest BCUT2D eigenvalue weighted by Gasteiger charge is -1.99. The number of rotatable bonds is 2. The minimum absolute atomic E-state index is 0.243. The van der Waals surface area contributed by atoms with Crippen LogP contribution in [-0.2, 0) is 4.74 Å². The highest BCUT2D eigenvalue weighted by Crippen LogP contribution is 2.38. The molecular weight excluding hydrogens is 284 g/mol. The van der Waals surface area contributed by atoms with E-state index in [0.29, 0.717) is 12.2 Å². The lowest BCUT2D eigenvalue weighted by Crippen LogP contribution is -2.03. The fourth-order valence-electron chi connectivity index (χ4n) is 1.17. The topological polar surface area (TPSA) is 26.3 Å². The van der Waals surface area contributed by atoms with Crippen molar-refractivity contribution in [1.82, 2.24) is 0 Å². The van der Waals surface area contributed by atoms with Gasteiger partial charge in [-0.3, -0.25) is 0 Å². The van der Waals surface area contributed by atoms with Crippen molar-refractivity contribution >= 4 is 54.0 Å². The standard InChI is InChI=1S/C9H7BrO2S2/c1-2-12-9(11)6-7-5(3-4-13-7)14-8(6)10/h3-4H,2H2,1H3. The van der Waals surface area contributed by atoms with Crippen LogP contribution < -0.4 is 0 Å². The largest absolute Gasteiger partial charge is 0.462 e. The summed E-state index contributed by atoms with van der Waals surface area (Å²) in [6.45, 7) is 2.22. The summed E-state index contributed by atoms with van der Waals surface area (Å²) in [6, 6.07) is 2.01. The van der Waals surface area contributed by atoms with Crippen molar-refractivity contribution in [2.75, 3.05) is 6.61 Å². The van der Waals surface area contributed by atoms with Crippen molar-refractivity contribution in [1.29, 1.82) is 0 Å². The number of hydrogen-bond donors (Lipinski definition) is 0. The van der Waals surface area contributed by atoms with Gasteiger partial charge in [0.15, 0.2) is 0 Å². The molecule has 0 aliphatic rings. The highest BCUT2D eigenvalue weighted by atomic mass is 79.9. The van der Waals surface area contributed by atoms with E-state index in [0.717, 1.165) is 13.2 Å². The molecule has 2 aromatic rings. The zero-order chi connectivity index (χ0) is 10.1. The molecule has 2 aromatic heterocycles. The molecule has 0 saturated carbocycles.